The van der Waals surface area contributed by atoms with Crippen molar-refractivity contribution in [3.8, 4) is 11.5 Å². The normalized spacial score (nSPS) is 10.4. The second-order valence-corrected chi connectivity index (χ2v) is 4.88. The fraction of sp³-hybridized carbons (Fsp3) is 0.538. The van der Waals surface area contributed by atoms with Gasteiger partial charge < -0.3 is 9.47 Å². The van der Waals surface area contributed by atoms with E-state index in [1.165, 1.54) is 29.4 Å². The number of ether oxygens (including phenoxy) is 2. The summed E-state index contributed by atoms with van der Waals surface area (Å²) in [5.41, 5.74) is 1.20. The lowest BCUT2D eigenvalue weighted by atomic mass is 10.1. The number of hydrogen-bond donors (Lipinski definition) is 0. The van der Waals surface area contributed by atoms with E-state index in [2.05, 4.69) is 6.92 Å². The standard InChI is InChI=1S/C13H19ClO2S/c1-4-5-6-7-10-8-11(15-2)9-12(16-3)13(10)17-14/h8-9H,4-7H2,1-3H3. The summed E-state index contributed by atoms with van der Waals surface area (Å²) in [7, 11) is 10.5. The Morgan fingerprint density at radius 3 is 2.47 bits per heavy atom. The molecule has 0 N–H and O–H groups in total. The van der Waals surface area contributed by atoms with Gasteiger partial charge in [-0.1, -0.05) is 19.8 Å². The maximum Gasteiger partial charge on any atom is 0.137 e. The minimum atomic E-state index is 0.788. The molecule has 0 aliphatic heterocycles. The fourth-order valence-electron chi connectivity index (χ4n) is 1.74. The molecule has 0 unspecified atom stereocenters. The Hall–Kier alpha value is -0.540. The van der Waals surface area contributed by atoms with E-state index in [-0.39, 0.29) is 0 Å². The summed E-state index contributed by atoms with van der Waals surface area (Å²) in [6, 6.07) is 3.91. The van der Waals surface area contributed by atoms with Gasteiger partial charge in [-0.3, -0.25) is 0 Å². The quantitative estimate of drug-likeness (QED) is 0.673. The molecule has 0 spiro atoms. The average Bonchev–Trinajstić information content (AvgIpc) is 2.37. The van der Waals surface area contributed by atoms with Crippen molar-refractivity contribution in [2.45, 2.75) is 37.5 Å². The van der Waals surface area contributed by atoms with Gasteiger partial charge in [0.1, 0.15) is 11.5 Å². The molecule has 0 radical (unpaired) electrons. The third-order valence-electron chi connectivity index (χ3n) is 2.69. The van der Waals surface area contributed by atoms with Crippen molar-refractivity contribution >= 4 is 21.7 Å². The third-order valence-corrected chi connectivity index (χ3v) is 3.77. The lowest BCUT2D eigenvalue weighted by Crippen LogP contribution is -1.95. The van der Waals surface area contributed by atoms with Crippen LogP contribution in [-0.4, -0.2) is 14.2 Å². The molecule has 96 valence electrons. The van der Waals surface area contributed by atoms with Gasteiger partial charge in [-0.15, -0.1) is 0 Å². The van der Waals surface area contributed by atoms with Crippen LogP contribution in [0.5, 0.6) is 11.5 Å². The first-order valence-corrected chi connectivity index (χ1v) is 7.44. The van der Waals surface area contributed by atoms with E-state index >= 15 is 0 Å². The lowest BCUT2D eigenvalue weighted by molar-refractivity contribution is 0.386. The average molecular weight is 275 g/mol. The SMILES string of the molecule is CCCCCc1cc(OC)cc(OC)c1SCl. The molecule has 0 saturated carbocycles. The Kier molecular flexibility index (Phi) is 6.60. The highest BCUT2D eigenvalue weighted by Gasteiger charge is 2.12. The molecule has 4 heteroatoms. The van der Waals surface area contributed by atoms with Gasteiger partial charge in [0.15, 0.2) is 0 Å². The van der Waals surface area contributed by atoms with Crippen molar-refractivity contribution in [3.05, 3.63) is 17.7 Å². The van der Waals surface area contributed by atoms with Crippen molar-refractivity contribution in [2.24, 2.45) is 0 Å². The number of methoxy groups -OCH3 is 2. The van der Waals surface area contributed by atoms with Crippen LogP contribution >= 0.6 is 21.7 Å². The van der Waals surface area contributed by atoms with Crippen LogP contribution in [0.2, 0.25) is 0 Å². The summed E-state index contributed by atoms with van der Waals surface area (Å²) >= 11 is 0. The lowest BCUT2D eigenvalue weighted by Gasteiger charge is -2.13. The predicted molar refractivity (Wildman–Crippen MR) is 74.5 cm³/mol. The first kappa shape index (κ1) is 14.5. The van der Waals surface area contributed by atoms with Crippen LogP contribution in [0, 0.1) is 0 Å². The molecule has 17 heavy (non-hydrogen) atoms. The van der Waals surface area contributed by atoms with Crippen molar-refractivity contribution in [1.29, 1.82) is 0 Å². The molecule has 0 amide bonds. The molecule has 1 rings (SSSR count). The van der Waals surface area contributed by atoms with Gasteiger partial charge >= 0.3 is 0 Å². The number of hydrogen-bond acceptors (Lipinski definition) is 3. The monoisotopic (exact) mass is 274 g/mol. The number of aryl methyl sites for hydroxylation is 1. The molecule has 0 aliphatic rings. The first-order chi connectivity index (χ1) is 8.26. The van der Waals surface area contributed by atoms with Gasteiger partial charge in [0.25, 0.3) is 0 Å². The van der Waals surface area contributed by atoms with Gasteiger partial charge in [-0.25, -0.2) is 0 Å². The Morgan fingerprint density at radius 1 is 1.18 bits per heavy atom. The zero-order valence-electron chi connectivity index (χ0n) is 10.6. The van der Waals surface area contributed by atoms with Crippen LogP contribution in [0.25, 0.3) is 0 Å². The van der Waals surface area contributed by atoms with E-state index in [0.29, 0.717) is 0 Å². The fourth-order valence-corrected chi connectivity index (χ4v) is 2.74. The predicted octanol–water partition coefficient (Wildman–Crippen LogP) is 4.68. The second kappa shape index (κ2) is 7.72. The van der Waals surface area contributed by atoms with Gasteiger partial charge in [0.05, 0.1) is 19.1 Å². The second-order valence-electron chi connectivity index (χ2n) is 3.85. The van der Waals surface area contributed by atoms with E-state index in [0.717, 1.165) is 29.2 Å². The molecule has 1 aromatic rings. The maximum absolute atomic E-state index is 5.92. The third kappa shape index (κ3) is 4.00. The van der Waals surface area contributed by atoms with Crippen molar-refractivity contribution in [1.82, 2.24) is 0 Å². The van der Waals surface area contributed by atoms with E-state index in [1.54, 1.807) is 14.2 Å². The van der Waals surface area contributed by atoms with Gasteiger partial charge in [0.2, 0.25) is 0 Å². The molecular weight excluding hydrogens is 256 g/mol. The highest BCUT2D eigenvalue weighted by molar-refractivity contribution is 8.21. The Morgan fingerprint density at radius 2 is 1.94 bits per heavy atom. The zero-order chi connectivity index (χ0) is 12.7. The smallest absolute Gasteiger partial charge is 0.137 e. The van der Waals surface area contributed by atoms with E-state index in [9.17, 15) is 0 Å². The maximum atomic E-state index is 5.92. The molecule has 0 saturated heterocycles. The van der Waals surface area contributed by atoms with Crippen LogP contribution in [0.15, 0.2) is 17.0 Å². The number of unbranched alkanes of at least 4 members (excludes halogenated alkanes) is 2. The topological polar surface area (TPSA) is 18.5 Å². The van der Waals surface area contributed by atoms with Crippen LogP contribution in [0.4, 0.5) is 0 Å². The van der Waals surface area contributed by atoms with E-state index < -0.39 is 0 Å². The molecule has 0 aromatic heterocycles. The van der Waals surface area contributed by atoms with Gasteiger partial charge in [0, 0.05) is 6.07 Å². The molecule has 0 fully saturated rings. The van der Waals surface area contributed by atoms with Crippen molar-refractivity contribution in [2.75, 3.05) is 14.2 Å². The molecular formula is C13H19ClO2S. The molecule has 0 heterocycles. The number of benzene rings is 1. The minimum Gasteiger partial charge on any atom is -0.497 e. The number of halogens is 1. The summed E-state index contributed by atoms with van der Waals surface area (Å²) in [6.45, 7) is 2.20. The minimum absolute atomic E-state index is 0.788. The van der Waals surface area contributed by atoms with Crippen molar-refractivity contribution in [3.63, 3.8) is 0 Å². The van der Waals surface area contributed by atoms with Crippen molar-refractivity contribution < 1.29 is 9.47 Å². The Balaban J connectivity index is 2.97. The van der Waals surface area contributed by atoms with E-state index in [1.807, 2.05) is 12.1 Å². The number of rotatable bonds is 7. The van der Waals surface area contributed by atoms with Crippen LogP contribution in [-0.2, 0) is 6.42 Å². The molecule has 2 nitrogen and oxygen atoms in total. The zero-order valence-corrected chi connectivity index (χ0v) is 12.2. The van der Waals surface area contributed by atoms with Gasteiger partial charge in [-0.2, -0.15) is 0 Å². The highest BCUT2D eigenvalue weighted by Crippen LogP contribution is 2.39. The molecule has 0 atom stereocenters. The van der Waals surface area contributed by atoms with Crippen LogP contribution < -0.4 is 9.47 Å². The van der Waals surface area contributed by atoms with Crippen LogP contribution in [0.3, 0.4) is 0 Å². The summed E-state index contributed by atoms with van der Waals surface area (Å²) in [5.74, 6) is 1.61. The van der Waals surface area contributed by atoms with E-state index in [4.69, 9.17) is 20.2 Å². The highest BCUT2D eigenvalue weighted by atomic mass is 35.7. The first-order valence-electron chi connectivity index (χ1n) is 5.80. The van der Waals surface area contributed by atoms with Crippen LogP contribution in [0.1, 0.15) is 31.7 Å². The summed E-state index contributed by atoms with van der Waals surface area (Å²) < 4.78 is 10.6. The summed E-state index contributed by atoms with van der Waals surface area (Å²) in [4.78, 5) is 1.01. The van der Waals surface area contributed by atoms with Gasteiger partial charge in [-0.05, 0) is 46.1 Å². The summed E-state index contributed by atoms with van der Waals surface area (Å²) in [6.07, 6.45) is 4.62. The molecule has 0 aliphatic carbocycles. The Labute approximate surface area is 112 Å². The summed E-state index contributed by atoms with van der Waals surface area (Å²) in [5, 5.41) is 0. The molecule has 0 bridgehead atoms. The molecule has 1 aromatic carbocycles. The Bertz CT molecular complexity index is 356. The largest absolute Gasteiger partial charge is 0.497 e.